The summed E-state index contributed by atoms with van der Waals surface area (Å²) in [4.78, 5) is 24.7. The first-order valence-corrected chi connectivity index (χ1v) is 10.0. The first-order chi connectivity index (χ1) is 12.9. The van der Waals surface area contributed by atoms with E-state index in [0.29, 0.717) is 42.6 Å². The molecule has 0 spiro atoms. The van der Waals surface area contributed by atoms with Crippen LogP contribution in [-0.4, -0.2) is 35.7 Å². The molecule has 27 heavy (non-hydrogen) atoms. The highest BCUT2D eigenvalue weighted by atomic mass is 16.5. The molecule has 0 heterocycles. The van der Waals surface area contributed by atoms with E-state index < -0.39 is 5.60 Å². The first kappa shape index (κ1) is 18.5. The molecular formula is C22H28O5. The number of benzene rings is 1. The van der Waals surface area contributed by atoms with Crippen LogP contribution in [0.4, 0.5) is 0 Å². The van der Waals surface area contributed by atoms with E-state index in [1.807, 2.05) is 6.92 Å². The second-order valence-electron chi connectivity index (χ2n) is 8.90. The van der Waals surface area contributed by atoms with Crippen molar-refractivity contribution in [3.8, 4) is 5.75 Å². The zero-order valence-corrected chi connectivity index (χ0v) is 15.9. The Bertz CT molecular complexity index is 709. The number of rotatable bonds is 7. The summed E-state index contributed by atoms with van der Waals surface area (Å²) in [5.41, 5.74) is -0.198. The summed E-state index contributed by atoms with van der Waals surface area (Å²) in [5, 5.41) is 10.8. The maximum Gasteiger partial charge on any atom is 0.306 e. The first-order valence-electron chi connectivity index (χ1n) is 10.0. The topological polar surface area (TPSA) is 72.8 Å². The quantitative estimate of drug-likeness (QED) is 0.585. The van der Waals surface area contributed by atoms with Crippen molar-refractivity contribution in [2.75, 3.05) is 13.2 Å². The Balaban J connectivity index is 1.31. The van der Waals surface area contributed by atoms with Crippen molar-refractivity contribution in [1.82, 2.24) is 0 Å². The second-order valence-corrected chi connectivity index (χ2v) is 8.90. The van der Waals surface area contributed by atoms with Crippen molar-refractivity contribution in [3.63, 3.8) is 0 Å². The number of carbonyl (C=O) groups is 2. The van der Waals surface area contributed by atoms with E-state index in [9.17, 15) is 14.7 Å². The Morgan fingerprint density at radius 3 is 2.37 bits per heavy atom. The van der Waals surface area contributed by atoms with Gasteiger partial charge in [0.25, 0.3) is 0 Å². The molecule has 0 saturated heterocycles. The lowest BCUT2D eigenvalue weighted by atomic mass is 9.47. The standard InChI is InChI=1S/C22H28O5/c1-2-26-18-5-3-17(4-6-18)19(23)13-27-20(24)12-21-8-15-7-16(9-21)11-22(25,10-15)14-21/h3-6,15-16,25H,2,7-14H2,1H3/t15-,16+,21?,22?. The van der Waals surface area contributed by atoms with Crippen molar-refractivity contribution >= 4 is 11.8 Å². The molecule has 1 N–H and O–H groups in total. The van der Waals surface area contributed by atoms with Gasteiger partial charge in [-0.15, -0.1) is 0 Å². The lowest BCUT2D eigenvalue weighted by molar-refractivity contribution is -0.176. The number of aliphatic hydroxyl groups is 1. The van der Waals surface area contributed by atoms with Crippen molar-refractivity contribution in [2.24, 2.45) is 17.3 Å². The predicted molar refractivity (Wildman–Crippen MR) is 99.6 cm³/mol. The normalized spacial score (nSPS) is 33.7. The Hall–Kier alpha value is -1.88. The molecule has 0 radical (unpaired) electrons. The fourth-order valence-electron chi connectivity index (χ4n) is 6.10. The lowest BCUT2D eigenvalue weighted by Gasteiger charge is -2.60. The van der Waals surface area contributed by atoms with Crippen LogP contribution >= 0.6 is 0 Å². The Labute approximate surface area is 160 Å². The molecule has 4 bridgehead atoms. The van der Waals surface area contributed by atoms with Crippen LogP contribution in [0.2, 0.25) is 0 Å². The van der Waals surface area contributed by atoms with Crippen LogP contribution in [0.5, 0.6) is 5.75 Å². The van der Waals surface area contributed by atoms with E-state index in [1.54, 1.807) is 24.3 Å². The average Bonchev–Trinajstić information content (AvgIpc) is 2.58. The third-order valence-electron chi connectivity index (χ3n) is 6.52. The van der Waals surface area contributed by atoms with Gasteiger partial charge >= 0.3 is 5.97 Å². The van der Waals surface area contributed by atoms with Gasteiger partial charge in [-0.3, -0.25) is 9.59 Å². The van der Waals surface area contributed by atoms with Gasteiger partial charge in [-0.2, -0.15) is 0 Å². The van der Waals surface area contributed by atoms with Gasteiger partial charge in [0.05, 0.1) is 18.6 Å². The molecule has 1 aromatic carbocycles. The molecule has 4 aliphatic carbocycles. The van der Waals surface area contributed by atoms with Crippen molar-refractivity contribution < 1.29 is 24.2 Å². The molecule has 4 saturated carbocycles. The number of esters is 1. The summed E-state index contributed by atoms with van der Waals surface area (Å²) in [6, 6.07) is 6.87. The van der Waals surface area contributed by atoms with Crippen LogP contribution in [0.1, 0.15) is 62.2 Å². The highest BCUT2D eigenvalue weighted by molar-refractivity contribution is 5.98. The molecule has 2 unspecified atom stereocenters. The Kier molecular flexibility index (Phi) is 4.75. The van der Waals surface area contributed by atoms with E-state index in [1.165, 1.54) is 6.42 Å². The molecule has 5 nitrogen and oxygen atoms in total. The monoisotopic (exact) mass is 372 g/mol. The Morgan fingerprint density at radius 2 is 1.78 bits per heavy atom. The molecule has 0 amide bonds. The predicted octanol–water partition coefficient (Wildman–Crippen LogP) is 3.53. The molecule has 4 atom stereocenters. The van der Waals surface area contributed by atoms with Crippen LogP contribution in [0, 0.1) is 17.3 Å². The summed E-state index contributed by atoms with van der Waals surface area (Å²) in [6.45, 7) is 2.24. The van der Waals surface area contributed by atoms with E-state index in [-0.39, 0.29) is 23.8 Å². The minimum Gasteiger partial charge on any atom is -0.494 e. The summed E-state index contributed by atoms with van der Waals surface area (Å²) in [6.07, 6.45) is 6.00. The van der Waals surface area contributed by atoms with Crippen molar-refractivity contribution in [2.45, 2.75) is 57.5 Å². The third kappa shape index (κ3) is 3.88. The molecule has 1 aromatic rings. The molecule has 4 fully saturated rings. The molecule has 146 valence electrons. The van der Waals surface area contributed by atoms with Crippen molar-refractivity contribution in [1.29, 1.82) is 0 Å². The second kappa shape index (κ2) is 6.93. The average molecular weight is 372 g/mol. The maximum atomic E-state index is 12.4. The molecule has 4 aliphatic rings. The summed E-state index contributed by atoms with van der Waals surface area (Å²) < 4.78 is 10.7. The van der Waals surface area contributed by atoms with E-state index in [2.05, 4.69) is 0 Å². The van der Waals surface area contributed by atoms with Gasteiger partial charge in [0, 0.05) is 5.56 Å². The zero-order chi connectivity index (χ0) is 19.1. The highest BCUT2D eigenvalue weighted by Crippen LogP contribution is 2.62. The minimum atomic E-state index is -0.581. The number of carbonyl (C=O) groups excluding carboxylic acids is 2. The molecular weight excluding hydrogens is 344 g/mol. The van der Waals surface area contributed by atoms with Crippen LogP contribution in [0.3, 0.4) is 0 Å². The summed E-state index contributed by atoms with van der Waals surface area (Å²) in [5.74, 6) is 1.25. The molecule has 0 aromatic heterocycles. The van der Waals surface area contributed by atoms with Gasteiger partial charge < -0.3 is 14.6 Å². The lowest BCUT2D eigenvalue weighted by Crippen LogP contribution is -2.56. The van der Waals surface area contributed by atoms with Gasteiger partial charge in [-0.05, 0) is 87.0 Å². The van der Waals surface area contributed by atoms with Gasteiger partial charge in [-0.25, -0.2) is 0 Å². The van der Waals surface area contributed by atoms with E-state index >= 15 is 0 Å². The van der Waals surface area contributed by atoms with Gasteiger partial charge in [0.1, 0.15) is 5.75 Å². The molecule has 5 rings (SSSR count). The van der Waals surface area contributed by atoms with Crippen LogP contribution < -0.4 is 4.74 Å². The van der Waals surface area contributed by atoms with Gasteiger partial charge in [0.2, 0.25) is 0 Å². The highest BCUT2D eigenvalue weighted by Gasteiger charge is 2.57. The SMILES string of the molecule is CCOc1ccc(C(=O)COC(=O)CC23C[C@@H]4C[C@@H](CC(O)(C4)C2)C3)cc1. The number of ketones is 1. The number of hydrogen-bond acceptors (Lipinski definition) is 5. The summed E-state index contributed by atoms with van der Waals surface area (Å²) in [7, 11) is 0. The molecule has 5 heteroatoms. The van der Waals surface area contributed by atoms with E-state index in [0.717, 1.165) is 25.7 Å². The smallest absolute Gasteiger partial charge is 0.306 e. The van der Waals surface area contributed by atoms with Crippen LogP contribution in [0.15, 0.2) is 24.3 Å². The number of hydrogen-bond donors (Lipinski definition) is 1. The largest absolute Gasteiger partial charge is 0.494 e. The fraction of sp³-hybridized carbons (Fsp3) is 0.636. The Morgan fingerprint density at radius 1 is 1.11 bits per heavy atom. The summed E-state index contributed by atoms with van der Waals surface area (Å²) >= 11 is 0. The van der Waals surface area contributed by atoms with Crippen LogP contribution in [0.25, 0.3) is 0 Å². The third-order valence-corrected chi connectivity index (χ3v) is 6.52. The van der Waals surface area contributed by atoms with Crippen molar-refractivity contribution in [3.05, 3.63) is 29.8 Å². The van der Waals surface area contributed by atoms with Gasteiger partial charge in [0.15, 0.2) is 12.4 Å². The zero-order valence-electron chi connectivity index (χ0n) is 15.9. The number of ether oxygens (including phenoxy) is 2. The van der Waals surface area contributed by atoms with Gasteiger partial charge in [-0.1, -0.05) is 0 Å². The van der Waals surface area contributed by atoms with Crippen LogP contribution in [-0.2, 0) is 9.53 Å². The van der Waals surface area contributed by atoms with E-state index in [4.69, 9.17) is 9.47 Å². The maximum absolute atomic E-state index is 12.4. The fourth-order valence-corrected chi connectivity index (χ4v) is 6.10. The minimum absolute atomic E-state index is 0.127. The number of Topliss-reactive ketones (excluding diaryl/α,β-unsaturated/α-hetero) is 1. The molecule has 0 aliphatic heterocycles.